The molecule has 4 heteroatoms. The summed E-state index contributed by atoms with van der Waals surface area (Å²) in [5, 5.41) is 3.20. The van der Waals surface area contributed by atoms with Crippen molar-refractivity contribution >= 4 is 22.6 Å². The summed E-state index contributed by atoms with van der Waals surface area (Å²) in [4.78, 5) is 8.95. The first kappa shape index (κ1) is 10.6. The number of aromatic nitrogens is 3. The molecule has 0 saturated carbocycles. The van der Waals surface area contributed by atoms with Crippen LogP contribution in [0.3, 0.4) is 0 Å². The zero-order valence-electron chi connectivity index (χ0n) is 10.0. The Morgan fingerprint density at radius 2 is 2.17 bits per heavy atom. The van der Waals surface area contributed by atoms with Gasteiger partial charge in [-0.05, 0) is 19.1 Å². The van der Waals surface area contributed by atoms with Gasteiger partial charge in [0.15, 0.2) is 0 Å². The Morgan fingerprint density at radius 3 is 3.00 bits per heavy atom. The average Bonchev–Trinajstić information content (AvgIpc) is 2.73. The van der Waals surface area contributed by atoms with E-state index in [2.05, 4.69) is 21.2 Å². The van der Waals surface area contributed by atoms with Crippen molar-refractivity contribution in [2.45, 2.75) is 6.92 Å². The lowest BCUT2D eigenvalue weighted by Gasteiger charge is -2.07. The second-order valence-corrected chi connectivity index (χ2v) is 4.08. The number of anilines is 1. The highest BCUT2D eigenvalue weighted by Crippen LogP contribution is 2.20. The maximum Gasteiger partial charge on any atom is 0.236 e. The van der Waals surface area contributed by atoms with Gasteiger partial charge in [-0.2, -0.15) is 0 Å². The first-order chi connectivity index (χ1) is 8.79. The number of imidazole rings is 1. The molecule has 0 atom stereocenters. The topological polar surface area (TPSA) is 42.2 Å². The summed E-state index contributed by atoms with van der Waals surface area (Å²) >= 11 is 0. The monoisotopic (exact) mass is 236 g/mol. The van der Waals surface area contributed by atoms with Gasteiger partial charge in [-0.1, -0.05) is 18.1 Å². The van der Waals surface area contributed by atoms with Crippen molar-refractivity contribution in [3.63, 3.8) is 0 Å². The third kappa shape index (κ3) is 1.57. The van der Waals surface area contributed by atoms with Crippen LogP contribution >= 0.6 is 0 Å². The molecule has 0 bridgehead atoms. The highest BCUT2D eigenvalue weighted by Gasteiger charge is 2.09. The van der Waals surface area contributed by atoms with Gasteiger partial charge in [0.1, 0.15) is 5.82 Å². The van der Waals surface area contributed by atoms with Gasteiger partial charge in [0.25, 0.3) is 0 Å². The Hall–Kier alpha value is -2.54. The molecule has 0 aliphatic rings. The van der Waals surface area contributed by atoms with Crippen molar-refractivity contribution in [3.8, 4) is 12.3 Å². The zero-order valence-corrected chi connectivity index (χ0v) is 10.0. The summed E-state index contributed by atoms with van der Waals surface area (Å²) in [6.45, 7) is 2.42. The summed E-state index contributed by atoms with van der Waals surface area (Å²) in [5.41, 5.74) is 2.87. The van der Waals surface area contributed by atoms with Crippen LogP contribution in [0.4, 0.5) is 5.82 Å². The number of terminal acetylenes is 1. The second kappa shape index (κ2) is 4.04. The Morgan fingerprint density at radius 1 is 1.33 bits per heavy atom. The molecule has 4 nitrogen and oxygen atoms in total. The van der Waals surface area contributed by atoms with Crippen LogP contribution in [0.15, 0.2) is 30.3 Å². The van der Waals surface area contributed by atoms with Crippen molar-refractivity contribution in [2.24, 2.45) is 0 Å². The number of hydrogen-bond donors (Lipinski definition) is 1. The summed E-state index contributed by atoms with van der Waals surface area (Å²) in [5.74, 6) is 4.19. The summed E-state index contributed by atoms with van der Waals surface area (Å²) in [7, 11) is 0. The Kier molecular flexibility index (Phi) is 2.38. The molecule has 0 spiro atoms. The van der Waals surface area contributed by atoms with Crippen LogP contribution in [0.2, 0.25) is 0 Å². The fraction of sp³-hybridized carbons (Fsp3) is 0.143. The van der Waals surface area contributed by atoms with Crippen LogP contribution in [0.25, 0.3) is 16.8 Å². The van der Waals surface area contributed by atoms with Gasteiger partial charge in [-0.15, -0.1) is 6.42 Å². The van der Waals surface area contributed by atoms with Gasteiger partial charge in [-0.25, -0.2) is 9.97 Å². The third-order valence-electron chi connectivity index (χ3n) is 2.78. The minimum Gasteiger partial charge on any atom is -0.360 e. The molecule has 0 radical (unpaired) electrons. The molecule has 1 aromatic carbocycles. The van der Waals surface area contributed by atoms with Gasteiger partial charge in [0.2, 0.25) is 5.78 Å². The number of fused-ring (bicyclic) bond motifs is 3. The second-order valence-electron chi connectivity index (χ2n) is 4.08. The van der Waals surface area contributed by atoms with Crippen LogP contribution in [-0.2, 0) is 0 Å². The molecular formula is C14H12N4. The van der Waals surface area contributed by atoms with E-state index < -0.39 is 0 Å². The number of aryl methyl sites for hydroxylation is 1. The van der Waals surface area contributed by atoms with Crippen LogP contribution < -0.4 is 5.32 Å². The maximum absolute atomic E-state index is 5.29. The molecule has 2 aromatic heterocycles. The van der Waals surface area contributed by atoms with Crippen LogP contribution in [0.1, 0.15) is 5.69 Å². The minimum absolute atomic E-state index is 0.477. The van der Waals surface area contributed by atoms with E-state index >= 15 is 0 Å². The molecule has 18 heavy (non-hydrogen) atoms. The highest BCUT2D eigenvalue weighted by atomic mass is 15.2. The van der Waals surface area contributed by atoms with Gasteiger partial charge in [-0.3, -0.25) is 4.40 Å². The first-order valence-electron chi connectivity index (χ1n) is 5.72. The van der Waals surface area contributed by atoms with E-state index in [4.69, 9.17) is 6.42 Å². The molecule has 0 saturated heterocycles. The maximum atomic E-state index is 5.29. The molecule has 3 rings (SSSR count). The third-order valence-corrected chi connectivity index (χ3v) is 2.78. The quantitative estimate of drug-likeness (QED) is 0.694. The van der Waals surface area contributed by atoms with E-state index in [-0.39, 0.29) is 0 Å². The normalized spacial score (nSPS) is 10.7. The number of nitrogens with one attached hydrogen (secondary N) is 1. The van der Waals surface area contributed by atoms with Crippen LogP contribution in [0, 0.1) is 19.3 Å². The smallest absolute Gasteiger partial charge is 0.236 e. The van der Waals surface area contributed by atoms with Crippen molar-refractivity contribution in [3.05, 3.63) is 36.0 Å². The van der Waals surface area contributed by atoms with E-state index in [9.17, 15) is 0 Å². The van der Waals surface area contributed by atoms with Gasteiger partial charge in [0, 0.05) is 11.8 Å². The van der Waals surface area contributed by atoms with E-state index in [1.165, 1.54) is 0 Å². The molecule has 0 aliphatic carbocycles. The number of nitrogens with zero attached hydrogens (tertiary/aromatic N) is 3. The number of benzene rings is 1. The summed E-state index contributed by atoms with van der Waals surface area (Å²) in [6.07, 6.45) is 5.29. The predicted octanol–water partition coefficient (Wildman–Crippen LogP) is 2.24. The minimum atomic E-state index is 0.477. The Labute approximate surface area is 105 Å². The molecular weight excluding hydrogens is 224 g/mol. The molecule has 2 heterocycles. The zero-order chi connectivity index (χ0) is 12.5. The van der Waals surface area contributed by atoms with Crippen molar-refractivity contribution in [2.75, 3.05) is 11.9 Å². The Bertz CT molecular complexity index is 764. The Balaban J connectivity index is 2.35. The molecule has 0 aliphatic heterocycles. The van der Waals surface area contributed by atoms with E-state index in [1.54, 1.807) is 0 Å². The largest absolute Gasteiger partial charge is 0.360 e. The van der Waals surface area contributed by atoms with Crippen molar-refractivity contribution in [1.29, 1.82) is 0 Å². The van der Waals surface area contributed by atoms with Gasteiger partial charge < -0.3 is 5.32 Å². The van der Waals surface area contributed by atoms with E-state index in [0.717, 1.165) is 22.5 Å². The SMILES string of the molecule is C#CCNc1cc(C)nc2nc3ccccc3n12. The number of rotatable bonds is 2. The van der Waals surface area contributed by atoms with Gasteiger partial charge >= 0.3 is 0 Å². The fourth-order valence-corrected chi connectivity index (χ4v) is 2.05. The summed E-state index contributed by atoms with van der Waals surface area (Å²) < 4.78 is 1.99. The lowest BCUT2D eigenvalue weighted by molar-refractivity contribution is 1.08. The van der Waals surface area contributed by atoms with Crippen LogP contribution in [-0.4, -0.2) is 20.9 Å². The standard InChI is InChI=1S/C14H12N4/c1-3-8-15-13-9-10(2)16-14-17-11-6-4-5-7-12(11)18(13)14/h1,4-7,9,15H,8H2,2H3. The number of para-hydroxylation sites is 2. The number of hydrogen-bond acceptors (Lipinski definition) is 3. The van der Waals surface area contributed by atoms with E-state index in [1.807, 2.05) is 41.7 Å². The summed E-state index contributed by atoms with van der Waals surface area (Å²) in [6, 6.07) is 9.92. The lowest BCUT2D eigenvalue weighted by atomic mass is 10.3. The van der Waals surface area contributed by atoms with Crippen molar-refractivity contribution < 1.29 is 0 Å². The predicted molar refractivity (Wildman–Crippen MR) is 72.6 cm³/mol. The highest BCUT2D eigenvalue weighted by molar-refractivity contribution is 5.81. The van der Waals surface area contributed by atoms with Crippen molar-refractivity contribution in [1.82, 2.24) is 14.4 Å². The molecule has 3 aromatic rings. The fourth-order valence-electron chi connectivity index (χ4n) is 2.05. The first-order valence-corrected chi connectivity index (χ1v) is 5.72. The lowest BCUT2D eigenvalue weighted by Crippen LogP contribution is -2.05. The van der Waals surface area contributed by atoms with Crippen LogP contribution in [0.5, 0.6) is 0 Å². The van der Waals surface area contributed by atoms with E-state index in [0.29, 0.717) is 12.3 Å². The molecule has 0 amide bonds. The molecule has 1 N–H and O–H groups in total. The average molecular weight is 236 g/mol. The molecule has 88 valence electrons. The molecule has 0 unspecified atom stereocenters. The van der Waals surface area contributed by atoms with Gasteiger partial charge in [0.05, 0.1) is 17.6 Å². The molecule has 0 fully saturated rings.